The fourth-order valence-electron chi connectivity index (χ4n) is 2.34. The summed E-state index contributed by atoms with van der Waals surface area (Å²) in [6.07, 6.45) is 4.72. The molecular weight excluding hydrogens is 268 g/mol. The van der Waals surface area contributed by atoms with Gasteiger partial charge in [0, 0.05) is 12.7 Å². The van der Waals surface area contributed by atoms with Crippen molar-refractivity contribution in [1.82, 2.24) is 14.7 Å². The molecule has 6 heteroatoms. The van der Waals surface area contributed by atoms with Crippen molar-refractivity contribution < 1.29 is 9.59 Å². The summed E-state index contributed by atoms with van der Waals surface area (Å²) in [6, 6.07) is 3.53. The van der Waals surface area contributed by atoms with Crippen molar-refractivity contribution >= 4 is 23.9 Å². The van der Waals surface area contributed by atoms with E-state index in [1.54, 1.807) is 6.20 Å². The van der Waals surface area contributed by atoms with Crippen molar-refractivity contribution in [3.8, 4) is 0 Å². The van der Waals surface area contributed by atoms with E-state index in [0.29, 0.717) is 24.7 Å². The Bertz CT molecular complexity index is 648. The summed E-state index contributed by atoms with van der Waals surface area (Å²) in [7, 11) is 0. The van der Waals surface area contributed by atoms with Gasteiger partial charge >= 0.3 is 6.03 Å². The predicted molar refractivity (Wildman–Crippen MR) is 81.5 cm³/mol. The summed E-state index contributed by atoms with van der Waals surface area (Å²) in [6.45, 7) is 6.70. The molecule has 0 atom stereocenters. The number of nitrogens with zero attached hydrogens (tertiary/aromatic N) is 3. The summed E-state index contributed by atoms with van der Waals surface area (Å²) in [5.41, 5.74) is 1.96. The molecule has 0 unspecified atom stereocenters. The summed E-state index contributed by atoms with van der Waals surface area (Å²) in [5, 5.41) is 2.19. The van der Waals surface area contributed by atoms with Crippen molar-refractivity contribution in [2.45, 2.75) is 33.1 Å². The fourth-order valence-corrected chi connectivity index (χ4v) is 2.34. The Labute approximate surface area is 123 Å². The lowest BCUT2D eigenvalue weighted by Crippen LogP contribution is -2.40. The average molecular weight is 288 g/mol. The molecule has 6 nitrogen and oxygen atoms in total. The lowest BCUT2D eigenvalue weighted by Gasteiger charge is -2.20. The quantitative estimate of drug-likeness (QED) is 0.860. The lowest BCUT2D eigenvalue weighted by molar-refractivity contribution is -0.108. The van der Waals surface area contributed by atoms with E-state index in [4.69, 9.17) is 0 Å². The monoisotopic (exact) mass is 288 g/mol. The van der Waals surface area contributed by atoms with Gasteiger partial charge in [0.2, 0.25) is 6.41 Å². The number of rotatable bonds is 5. The van der Waals surface area contributed by atoms with Gasteiger partial charge in [-0.2, -0.15) is 0 Å². The highest BCUT2D eigenvalue weighted by Crippen LogP contribution is 2.24. The molecule has 112 valence electrons. The molecule has 3 amide bonds. The maximum absolute atomic E-state index is 12.0. The third kappa shape index (κ3) is 2.89. The predicted octanol–water partition coefficient (Wildman–Crippen LogP) is 2.54. The van der Waals surface area contributed by atoms with E-state index >= 15 is 0 Å². The topological polar surface area (TPSA) is 66.7 Å². The second-order valence-electron chi connectivity index (χ2n) is 5.15. The van der Waals surface area contributed by atoms with Crippen LogP contribution in [0.25, 0.3) is 5.65 Å². The zero-order valence-electron chi connectivity index (χ0n) is 12.5. The van der Waals surface area contributed by atoms with Gasteiger partial charge in [0.15, 0.2) is 0 Å². The van der Waals surface area contributed by atoms with Crippen LogP contribution >= 0.6 is 0 Å². The summed E-state index contributed by atoms with van der Waals surface area (Å²) >= 11 is 0. The molecule has 0 saturated carbocycles. The molecule has 0 saturated heterocycles. The number of amides is 3. The van der Waals surface area contributed by atoms with Crippen LogP contribution in [0.15, 0.2) is 24.5 Å². The normalized spacial score (nSPS) is 10.9. The molecule has 21 heavy (non-hydrogen) atoms. The van der Waals surface area contributed by atoms with Crippen molar-refractivity contribution in [2.75, 3.05) is 11.4 Å². The second kappa shape index (κ2) is 6.39. The molecule has 0 radical (unpaired) electrons. The molecule has 0 aromatic carbocycles. The van der Waals surface area contributed by atoms with Crippen LogP contribution in [-0.2, 0) is 4.79 Å². The molecule has 2 aromatic rings. The number of imidazole rings is 1. The number of carbonyl (C=O) groups excluding carboxylic acids is 2. The summed E-state index contributed by atoms with van der Waals surface area (Å²) in [5.74, 6) is 1.00. The number of fused-ring (bicyclic) bond motifs is 1. The van der Waals surface area contributed by atoms with E-state index < -0.39 is 6.03 Å². The van der Waals surface area contributed by atoms with Crippen LogP contribution in [0.5, 0.6) is 0 Å². The molecule has 2 aromatic heterocycles. The Hall–Kier alpha value is -2.37. The Morgan fingerprint density at radius 2 is 2.29 bits per heavy atom. The average Bonchev–Trinajstić information content (AvgIpc) is 2.88. The number of aromatic nitrogens is 2. The van der Waals surface area contributed by atoms with Gasteiger partial charge in [0.1, 0.15) is 11.5 Å². The van der Waals surface area contributed by atoms with Crippen LogP contribution in [0.1, 0.15) is 38.7 Å². The minimum atomic E-state index is -0.441. The van der Waals surface area contributed by atoms with E-state index in [2.05, 4.69) is 24.1 Å². The van der Waals surface area contributed by atoms with Crippen molar-refractivity contribution in [2.24, 2.45) is 0 Å². The fraction of sp³-hybridized carbons (Fsp3) is 0.400. The van der Waals surface area contributed by atoms with Crippen LogP contribution in [0, 0.1) is 0 Å². The first-order chi connectivity index (χ1) is 10.1. The number of hydrogen-bond donors (Lipinski definition) is 1. The number of carbonyl (C=O) groups is 2. The van der Waals surface area contributed by atoms with E-state index in [1.165, 1.54) is 4.90 Å². The first-order valence-electron chi connectivity index (χ1n) is 7.07. The largest absolute Gasteiger partial charge is 0.329 e. The van der Waals surface area contributed by atoms with Gasteiger partial charge in [-0.15, -0.1) is 0 Å². The molecule has 0 bridgehead atoms. The molecule has 2 rings (SSSR count). The first kappa shape index (κ1) is 15.0. The zero-order chi connectivity index (χ0) is 15.4. The SMILES string of the molecule is CCCN(C(=O)NC=O)c1cnc2c(C(C)C)cccn12. The Balaban J connectivity index is 2.51. The third-order valence-electron chi connectivity index (χ3n) is 3.32. The maximum atomic E-state index is 12.0. The van der Waals surface area contributed by atoms with Gasteiger partial charge in [-0.25, -0.2) is 9.78 Å². The van der Waals surface area contributed by atoms with E-state index in [9.17, 15) is 9.59 Å². The zero-order valence-corrected chi connectivity index (χ0v) is 12.5. The Kier molecular flexibility index (Phi) is 4.57. The Morgan fingerprint density at radius 3 is 2.90 bits per heavy atom. The third-order valence-corrected chi connectivity index (χ3v) is 3.32. The summed E-state index contributed by atoms with van der Waals surface area (Å²) in [4.78, 5) is 28.5. The van der Waals surface area contributed by atoms with Gasteiger partial charge in [-0.1, -0.05) is 26.8 Å². The second-order valence-corrected chi connectivity index (χ2v) is 5.15. The number of urea groups is 1. The number of hydrogen-bond acceptors (Lipinski definition) is 3. The van der Waals surface area contributed by atoms with Crippen molar-refractivity contribution in [3.63, 3.8) is 0 Å². The molecule has 0 aliphatic rings. The van der Waals surface area contributed by atoms with E-state index in [-0.39, 0.29) is 0 Å². The number of imide groups is 1. The molecule has 0 fully saturated rings. The highest BCUT2D eigenvalue weighted by atomic mass is 16.2. The summed E-state index contributed by atoms with van der Waals surface area (Å²) < 4.78 is 1.88. The minimum Gasteiger partial charge on any atom is -0.286 e. The maximum Gasteiger partial charge on any atom is 0.329 e. The van der Waals surface area contributed by atoms with Crippen molar-refractivity contribution in [1.29, 1.82) is 0 Å². The Morgan fingerprint density at radius 1 is 1.52 bits per heavy atom. The van der Waals surface area contributed by atoms with Gasteiger partial charge in [-0.05, 0) is 24.0 Å². The number of nitrogens with one attached hydrogen (secondary N) is 1. The highest BCUT2D eigenvalue weighted by molar-refractivity contribution is 5.97. The van der Waals surface area contributed by atoms with Crippen molar-refractivity contribution in [3.05, 3.63) is 30.1 Å². The van der Waals surface area contributed by atoms with Crippen LogP contribution < -0.4 is 10.2 Å². The van der Waals surface area contributed by atoms with Gasteiger partial charge in [-0.3, -0.25) is 19.4 Å². The number of pyridine rings is 1. The van der Waals surface area contributed by atoms with E-state index in [0.717, 1.165) is 17.6 Å². The van der Waals surface area contributed by atoms with Gasteiger partial charge in [0.05, 0.1) is 6.20 Å². The molecular formula is C15H20N4O2. The van der Waals surface area contributed by atoms with Gasteiger partial charge in [0.25, 0.3) is 0 Å². The molecule has 2 heterocycles. The smallest absolute Gasteiger partial charge is 0.286 e. The lowest BCUT2D eigenvalue weighted by atomic mass is 10.1. The molecule has 0 aliphatic heterocycles. The van der Waals surface area contributed by atoms with Crippen LogP contribution in [0.3, 0.4) is 0 Å². The molecule has 0 spiro atoms. The molecule has 0 aliphatic carbocycles. The van der Waals surface area contributed by atoms with E-state index in [1.807, 2.05) is 29.7 Å². The standard InChI is InChI=1S/C15H20N4O2/c1-4-7-19(15(21)17-10-20)13-9-16-14-12(11(2)3)6-5-8-18(13)14/h5-6,8-11H,4,7H2,1-3H3,(H,17,20,21). The van der Waals surface area contributed by atoms with Crippen LogP contribution in [0.2, 0.25) is 0 Å². The van der Waals surface area contributed by atoms with Crippen LogP contribution in [0.4, 0.5) is 10.6 Å². The van der Waals surface area contributed by atoms with Gasteiger partial charge < -0.3 is 0 Å². The molecule has 1 N–H and O–H groups in total. The highest BCUT2D eigenvalue weighted by Gasteiger charge is 2.19. The van der Waals surface area contributed by atoms with Crippen LogP contribution in [-0.4, -0.2) is 28.4 Å². The minimum absolute atomic E-state index is 0.340. The first-order valence-corrected chi connectivity index (χ1v) is 7.07. The number of anilines is 1.